The summed E-state index contributed by atoms with van der Waals surface area (Å²) < 4.78 is 17.8. The molecule has 8 nitrogen and oxygen atoms in total. The van der Waals surface area contributed by atoms with Crippen LogP contribution in [0.4, 0.5) is 5.69 Å². The molecule has 174 valence electrons. The van der Waals surface area contributed by atoms with Gasteiger partial charge in [-0.05, 0) is 52.0 Å². The molecule has 1 aromatic heterocycles. The average molecular weight is 472 g/mol. The van der Waals surface area contributed by atoms with Gasteiger partial charge >= 0.3 is 5.97 Å². The Kier molecular flexibility index (Phi) is 7.60. The monoisotopic (exact) mass is 471 g/mol. The molecule has 1 N–H and O–H groups in total. The summed E-state index contributed by atoms with van der Waals surface area (Å²) in [7, 11) is 1.45. The Labute approximate surface area is 197 Å². The van der Waals surface area contributed by atoms with E-state index in [1.54, 1.807) is 11.6 Å². The van der Waals surface area contributed by atoms with Crippen LogP contribution in [0, 0.1) is 13.8 Å². The number of para-hydroxylation sites is 1. The minimum Gasteiger partial charge on any atom is -0.493 e. The quantitative estimate of drug-likeness (QED) is 0.477. The second kappa shape index (κ2) is 10.4. The molecule has 0 saturated carbocycles. The molecule has 2 aromatic carbocycles. The second-order valence-corrected chi connectivity index (χ2v) is 7.98. The van der Waals surface area contributed by atoms with Crippen LogP contribution in [0.5, 0.6) is 11.5 Å². The molecule has 3 rings (SSSR count). The van der Waals surface area contributed by atoms with E-state index in [4.69, 9.17) is 25.8 Å². The maximum absolute atomic E-state index is 12.5. The number of hydrogen-bond donors (Lipinski definition) is 1. The number of methoxy groups -OCH3 is 1. The van der Waals surface area contributed by atoms with Crippen molar-refractivity contribution in [3.05, 3.63) is 64.4 Å². The summed E-state index contributed by atoms with van der Waals surface area (Å²) in [6, 6.07) is 12.5. The van der Waals surface area contributed by atoms with Gasteiger partial charge in [-0.3, -0.25) is 4.79 Å². The standard InChI is InChI=1S/C24H26ClN3O5/c1-14(2)33-23-19(25)11-17(12-20(23)31-5)24(30)32-13-21(29)26-22-15(3)27-28(16(22)4)18-9-7-6-8-10-18/h6-12,14H,13H2,1-5H3,(H,26,29). The smallest absolute Gasteiger partial charge is 0.338 e. The summed E-state index contributed by atoms with van der Waals surface area (Å²) >= 11 is 6.26. The Balaban J connectivity index is 1.68. The first-order valence-corrected chi connectivity index (χ1v) is 10.7. The number of amides is 1. The van der Waals surface area contributed by atoms with Gasteiger partial charge in [-0.15, -0.1) is 0 Å². The topological polar surface area (TPSA) is 91.7 Å². The van der Waals surface area contributed by atoms with Gasteiger partial charge in [0.25, 0.3) is 5.91 Å². The summed E-state index contributed by atoms with van der Waals surface area (Å²) in [5.41, 5.74) is 2.99. The van der Waals surface area contributed by atoms with Gasteiger partial charge in [-0.1, -0.05) is 29.8 Å². The van der Waals surface area contributed by atoms with Crippen molar-refractivity contribution < 1.29 is 23.8 Å². The molecule has 1 amide bonds. The molecule has 9 heteroatoms. The highest BCUT2D eigenvalue weighted by Gasteiger charge is 2.20. The zero-order chi connectivity index (χ0) is 24.1. The van der Waals surface area contributed by atoms with Gasteiger partial charge in [0.05, 0.1) is 46.6 Å². The predicted molar refractivity (Wildman–Crippen MR) is 126 cm³/mol. The van der Waals surface area contributed by atoms with Crippen molar-refractivity contribution in [1.82, 2.24) is 9.78 Å². The van der Waals surface area contributed by atoms with Crippen molar-refractivity contribution in [3.8, 4) is 17.2 Å². The average Bonchev–Trinajstić information content (AvgIpc) is 3.07. The molecule has 0 spiro atoms. The molecule has 0 aliphatic rings. The van der Waals surface area contributed by atoms with Crippen LogP contribution in [-0.4, -0.2) is 41.5 Å². The van der Waals surface area contributed by atoms with Crippen LogP contribution in [0.1, 0.15) is 35.6 Å². The molecule has 0 aliphatic heterocycles. The lowest BCUT2D eigenvalue weighted by atomic mass is 10.2. The number of anilines is 1. The lowest BCUT2D eigenvalue weighted by Gasteiger charge is -2.16. The zero-order valence-corrected chi connectivity index (χ0v) is 19.9. The van der Waals surface area contributed by atoms with E-state index < -0.39 is 18.5 Å². The molecule has 3 aromatic rings. The summed E-state index contributed by atoms with van der Waals surface area (Å²) in [6.07, 6.45) is -0.129. The molecule has 0 bridgehead atoms. The first kappa shape index (κ1) is 24.1. The zero-order valence-electron chi connectivity index (χ0n) is 19.1. The highest BCUT2D eigenvalue weighted by molar-refractivity contribution is 6.32. The van der Waals surface area contributed by atoms with Gasteiger partial charge in [-0.25, -0.2) is 9.48 Å². The summed E-state index contributed by atoms with van der Waals surface area (Å²) in [6.45, 7) is 6.87. The van der Waals surface area contributed by atoms with E-state index in [0.717, 1.165) is 11.4 Å². The Morgan fingerprint density at radius 3 is 2.48 bits per heavy atom. The number of benzene rings is 2. The van der Waals surface area contributed by atoms with Crippen molar-refractivity contribution in [1.29, 1.82) is 0 Å². The van der Waals surface area contributed by atoms with Crippen molar-refractivity contribution in [2.45, 2.75) is 33.8 Å². The minimum atomic E-state index is -0.713. The third kappa shape index (κ3) is 5.64. The fourth-order valence-electron chi connectivity index (χ4n) is 3.22. The number of esters is 1. The number of ether oxygens (including phenoxy) is 3. The van der Waals surface area contributed by atoms with E-state index in [0.29, 0.717) is 22.9 Å². The maximum atomic E-state index is 12.5. The third-order valence-electron chi connectivity index (χ3n) is 4.71. The van der Waals surface area contributed by atoms with Crippen LogP contribution < -0.4 is 14.8 Å². The van der Waals surface area contributed by atoms with Crippen molar-refractivity contribution in [2.24, 2.45) is 0 Å². The van der Waals surface area contributed by atoms with Crippen LogP contribution in [0.2, 0.25) is 5.02 Å². The van der Waals surface area contributed by atoms with Gasteiger partial charge in [0.2, 0.25) is 0 Å². The molecule has 1 heterocycles. The third-order valence-corrected chi connectivity index (χ3v) is 4.99. The van der Waals surface area contributed by atoms with Gasteiger partial charge in [-0.2, -0.15) is 5.10 Å². The number of carbonyl (C=O) groups excluding carboxylic acids is 2. The van der Waals surface area contributed by atoms with E-state index in [1.807, 2.05) is 51.1 Å². The van der Waals surface area contributed by atoms with Crippen LogP contribution in [0.15, 0.2) is 42.5 Å². The van der Waals surface area contributed by atoms with Gasteiger partial charge in [0.1, 0.15) is 0 Å². The molecule has 0 saturated heterocycles. The number of nitrogens with zero attached hydrogens (tertiary/aromatic N) is 2. The molecule has 0 radical (unpaired) electrons. The van der Waals surface area contributed by atoms with Crippen LogP contribution in [0.3, 0.4) is 0 Å². The van der Waals surface area contributed by atoms with Gasteiger partial charge < -0.3 is 19.5 Å². The van der Waals surface area contributed by atoms with E-state index in [9.17, 15) is 9.59 Å². The number of aryl methyl sites for hydroxylation is 1. The fourth-order valence-corrected chi connectivity index (χ4v) is 3.48. The Hall–Kier alpha value is -3.52. The lowest BCUT2D eigenvalue weighted by Crippen LogP contribution is -2.21. The van der Waals surface area contributed by atoms with Crippen LogP contribution in [0.25, 0.3) is 5.69 Å². The molecule has 33 heavy (non-hydrogen) atoms. The Morgan fingerprint density at radius 2 is 1.85 bits per heavy atom. The summed E-state index contributed by atoms with van der Waals surface area (Å²) in [4.78, 5) is 25.0. The number of rotatable bonds is 8. The number of hydrogen-bond acceptors (Lipinski definition) is 6. The fraction of sp³-hybridized carbons (Fsp3) is 0.292. The summed E-state index contributed by atoms with van der Waals surface area (Å²) in [5.74, 6) is -0.563. The number of aromatic nitrogens is 2. The molecule has 0 fully saturated rings. The van der Waals surface area contributed by atoms with E-state index in [-0.39, 0.29) is 16.7 Å². The second-order valence-electron chi connectivity index (χ2n) is 7.57. The number of halogens is 1. The first-order chi connectivity index (χ1) is 15.7. The maximum Gasteiger partial charge on any atom is 0.338 e. The van der Waals surface area contributed by atoms with Crippen LogP contribution >= 0.6 is 11.6 Å². The van der Waals surface area contributed by atoms with E-state index in [2.05, 4.69) is 10.4 Å². The summed E-state index contributed by atoms with van der Waals surface area (Å²) in [5, 5.41) is 7.46. The van der Waals surface area contributed by atoms with E-state index in [1.165, 1.54) is 19.2 Å². The molecule has 0 unspecified atom stereocenters. The molecular weight excluding hydrogens is 446 g/mol. The largest absolute Gasteiger partial charge is 0.493 e. The Morgan fingerprint density at radius 1 is 1.15 bits per heavy atom. The van der Waals surface area contributed by atoms with Crippen molar-refractivity contribution in [3.63, 3.8) is 0 Å². The van der Waals surface area contributed by atoms with E-state index >= 15 is 0 Å². The Bertz CT molecular complexity index is 1160. The number of carbonyl (C=O) groups is 2. The van der Waals surface area contributed by atoms with Crippen molar-refractivity contribution in [2.75, 3.05) is 19.0 Å². The molecule has 0 aliphatic carbocycles. The SMILES string of the molecule is COc1cc(C(=O)OCC(=O)Nc2c(C)nn(-c3ccccc3)c2C)cc(Cl)c1OC(C)C. The van der Waals surface area contributed by atoms with Crippen LogP contribution in [-0.2, 0) is 9.53 Å². The van der Waals surface area contributed by atoms with Gasteiger partial charge in [0.15, 0.2) is 18.1 Å². The first-order valence-electron chi connectivity index (χ1n) is 10.3. The molecule has 0 atom stereocenters. The predicted octanol–water partition coefficient (Wildman–Crippen LogP) is 4.73. The highest BCUT2D eigenvalue weighted by Crippen LogP contribution is 2.37. The lowest BCUT2D eigenvalue weighted by molar-refractivity contribution is -0.119. The molecular formula is C24H26ClN3O5. The highest BCUT2D eigenvalue weighted by atomic mass is 35.5. The minimum absolute atomic E-state index is 0.129. The van der Waals surface area contributed by atoms with Gasteiger partial charge in [0, 0.05) is 0 Å². The normalized spacial score (nSPS) is 10.8. The van der Waals surface area contributed by atoms with Crippen molar-refractivity contribution >= 4 is 29.2 Å². The number of nitrogens with one attached hydrogen (secondary N) is 1.